The molecule has 4 aromatic rings. The molecule has 0 bridgehead atoms. The van der Waals surface area contributed by atoms with Crippen molar-refractivity contribution in [1.29, 1.82) is 0 Å². The fourth-order valence-electron chi connectivity index (χ4n) is 3.01. The summed E-state index contributed by atoms with van der Waals surface area (Å²) in [6, 6.07) is 21.5. The van der Waals surface area contributed by atoms with Crippen molar-refractivity contribution in [3.63, 3.8) is 0 Å². The Balaban J connectivity index is 2.24. The van der Waals surface area contributed by atoms with E-state index in [1.165, 1.54) is 37.9 Å². The van der Waals surface area contributed by atoms with Crippen LogP contribution in [0.5, 0.6) is 0 Å². The number of benzene rings is 4. The molecule has 0 aromatic heterocycles. The first-order valence-electron chi connectivity index (χ1n) is 6.74. The van der Waals surface area contributed by atoms with Gasteiger partial charge < -0.3 is 0 Å². The molecule has 1 heteroatoms. The molecule has 0 saturated carbocycles. The molecule has 96 valence electrons. The molecule has 0 aliphatic heterocycles. The molecule has 0 unspecified atom stereocenters. The molecule has 4 aromatic carbocycles. The molecule has 0 N–H and O–H groups in total. The predicted molar refractivity (Wildman–Crippen MR) is 88.7 cm³/mol. The minimum Gasteiger partial charge on any atom is -0.0843 e. The van der Waals surface area contributed by atoms with Gasteiger partial charge in [0, 0.05) is 5.02 Å². The van der Waals surface area contributed by atoms with E-state index in [2.05, 4.69) is 55.5 Å². The highest BCUT2D eigenvalue weighted by Gasteiger charge is 2.05. The van der Waals surface area contributed by atoms with Crippen LogP contribution in [0.2, 0.25) is 5.02 Å². The quantitative estimate of drug-likeness (QED) is 0.268. The average molecular weight is 277 g/mol. The van der Waals surface area contributed by atoms with Crippen molar-refractivity contribution in [3.05, 3.63) is 71.2 Å². The lowest BCUT2D eigenvalue weighted by Crippen LogP contribution is -1.83. The Hall–Kier alpha value is -2.05. The molecular weight excluding hydrogens is 264 g/mol. The highest BCUT2D eigenvalue weighted by molar-refractivity contribution is 6.31. The van der Waals surface area contributed by atoms with Crippen LogP contribution in [0, 0.1) is 6.92 Å². The zero-order valence-electron chi connectivity index (χ0n) is 11.2. The van der Waals surface area contributed by atoms with E-state index in [0.717, 1.165) is 5.02 Å². The van der Waals surface area contributed by atoms with Crippen LogP contribution in [0.25, 0.3) is 32.3 Å². The summed E-state index contributed by atoms with van der Waals surface area (Å²) in [7, 11) is 0. The van der Waals surface area contributed by atoms with Gasteiger partial charge >= 0.3 is 0 Å². The number of fused-ring (bicyclic) bond motifs is 4. The summed E-state index contributed by atoms with van der Waals surface area (Å²) < 4.78 is 0. The van der Waals surface area contributed by atoms with E-state index in [4.69, 9.17) is 11.6 Å². The SMILES string of the molecule is Cc1cc(Cl)cc2cc3ccc4ccccc4c3cc12. The van der Waals surface area contributed by atoms with Gasteiger partial charge in [0.25, 0.3) is 0 Å². The molecule has 0 atom stereocenters. The monoisotopic (exact) mass is 276 g/mol. The molecule has 0 radical (unpaired) electrons. The smallest absolute Gasteiger partial charge is 0.0415 e. The first-order chi connectivity index (χ1) is 9.72. The first kappa shape index (κ1) is 11.7. The average Bonchev–Trinajstić information content (AvgIpc) is 2.45. The van der Waals surface area contributed by atoms with Crippen LogP contribution >= 0.6 is 11.6 Å². The van der Waals surface area contributed by atoms with Crippen LogP contribution in [0.1, 0.15) is 5.56 Å². The van der Waals surface area contributed by atoms with E-state index in [1.807, 2.05) is 12.1 Å². The summed E-state index contributed by atoms with van der Waals surface area (Å²) in [6.07, 6.45) is 0. The summed E-state index contributed by atoms with van der Waals surface area (Å²) in [5, 5.41) is 8.44. The molecule has 4 rings (SSSR count). The lowest BCUT2D eigenvalue weighted by atomic mass is 9.96. The van der Waals surface area contributed by atoms with Crippen molar-refractivity contribution >= 4 is 43.9 Å². The van der Waals surface area contributed by atoms with Gasteiger partial charge in [-0.2, -0.15) is 0 Å². The Morgan fingerprint density at radius 3 is 2.35 bits per heavy atom. The van der Waals surface area contributed by atoms with Crippen LogP contribution in [0.3, 0.4) is 0 Å². The third-order valence-electron chi connectivity index (χ3n) is 3.99. The first-order valence-corrected chi connectivity index (χ1v) is 7.11. The summed E-state index contributed by atoms with van der Waals surface area (Å²) >= 11 is 6.17. The number of hydrogen-bond donors (Lipinski definition) is 0. The van der Waals surface area contributed by atoms with Crippen molar-refractivity contribution in [1.82, 2.24) is 0 Å². The second-order valence-corrected chi connectivity index (χ2v) is 5.74. The number of hydrogen-bond acceptors (Lipinski definition) is 0. The van der Waals surface area contributed by atoms with Crippen molar-refractivity contribution in [2.75, 3.05) is 0 Å². The van der Waals surface area contributed by atoms with E-state index in [9.17, 15) is 0 Å². The zero-order chi connectivity index (χ0) is 13.7. The summed E-state index contributed by atoms with van der Waals surface area (Å²) in [5.41, 5.74) is 1.22. The van der Waals surface area contributed by atoms with Crippen molar-refractivity contribution in [3.8, 4) is 0 Å². The minimum absolute atomic E-state index is 0.801. The highest BCUT2D eigenvalue weighted by atomic mass is 35.5. The summed E-state index contributed by atoms with van der Waals surface area (Å²) in [4.78, 5) is 0. The van der Waals surface area contributed by atoms with Crippen LogP contribution < -0.4 is 0 Å². The van der Waals surface area contributed by atoms with Gasteiger partial charge in [-0.05, 0) is 69.1 Å². The maximum Gasteiger partial charge on any atom is 0.0415 e. The molecule has 0 aliphatic rings. The largest absolute Gasteiger partial charge is 0.0843 e. The number of halogens is 1. The van der Waals surface area contributed by atoms with E-state index in [0.29, 0.717) is 0 Å². The Kier molecular flexibility index (Phi) is 2.48. The van der Waals surface area contributed by atoms with Crippen LogP contribution in [-0.4, -0.2) is 0 Å². The molecule has 0 amide bonds. The maximum absolute atomic E-state index is 6.17. The van der Waals surface area contributed by atoms with E-state index < -0.39 is 0 Å². The molecule has 0 heterocycles. The Morgan fingerprint density at radius 2 is 1.45 bits per heavy atom. The van der Waals surface area contributed by atoms with Crippen molar-refractivity contribution in [2.24, 2.45) is 0 Å². The van der Waals surface area contributed by atoms with Gasteiger partial charge in [0.15, 0.2) is 0 Å². The Labute approximate surface area is 122 Å². The summed E-state index contributed by atoms with van der Waals surface area (Å²) in [5.74, 6) is 0. The third-order valence-corrected chi connectivity index (χ3v) is 4.21. The lowest BCUT2D eigenvalue weighted by Gasteiger charge is -2.08. The third kappa shape index (κ3) is 1.69. The second kappa shape index (κ2) is 4.22. The van der Waals surface area contributed by atoms with Crippen LogP contribution in [0.15, 0.2) is 60.7 Å². The fraction of sp³-hybridized carbons (Fsp3) is 0.0526. The van der Waals surface area contributed by atoms with E-state index in [1.54, 1.807) is 0 Å². The van der Waals surface area contributed by atoms with Gasteiger partial charge in [0.2, 0.25) is 0 Å². The van der Waals surface area contributed by atoms with Gasteiger partial charge in [-0.3, -0.25) is 0 Å². The molecule has 0 nitrogen and oxygen atoms in total. The summed E-state index contributed by atoms with van der Waals surface area (Å²) in [6.45, 7) is 2.12. The molecule has 0 spiro atoms. The van der Waals surface area contributed by atoms with Gasteiger partial charge in [-0.15, -0.1) is 0 Å². The van der Waals surface area contributed by atoms with Crippen LogP contribution in [-0.2, 0) is 0 Å². The standard InChI is InChI=1S/C19H13Cl/c1-12-8-16(20)10-15-9-14-7-6-13-4-2-3-5-17(13)19(14)11-18(12)15/h2-11H,1H3. The zero-order valence-corrected chi connectivity index (χ0v) is 11.9. The van der Waals surface area contributed by atoms with Gasteiger partial charge in [-0.1, -0.05) is 48.0 Å². The molecule has 0 saturated heterocycles. The Morgan fingerprint density at radius 1 is 0.650 bits per heavy atom. The molecule has 0 aliphatic carbocycles. The van der Waals surface area contributed by atoms with Gasteiger partial charge in [0.05, 0.1) is 0 Å². The van der Waals surface area contributed by atoms with E-state index in [-0.39, 0.29) is 0 Å². The molecule has 20 heavy (non-hydrogen) atoms. The predicted octanol–water partition coefficient (Wildman–Crippen LogP) is 6.11. The maximum atomic E-state index is 6.17. The van der Waals surface area contributed by atoms with Crippen molar-refractivity contribution < 1.29 is 0 Å². The Bertz CT molecular complexity index is 967. The van der Waals surface area contributed by atoms with E-state index >= 15 is 0 Å². The molecule has 0 fully saturated rings. The fourth-order valence-corrected chi connectivity index (χ4v) is 3.29. The van der Waals surface area contributed by atoms with Gasteiger partial charge in [0.1, 0.15) is 0 Å². The minimum atomic E-state index is 0.801. The number of aryl methyl sites for hydroxylation is 1. The van der Waals surface area contributed by atoms with Crippen molar-refractivity contribution in [2.45, 2.75) is 6.92 Å². The lowest BCUT2D eigenvalue weighted by molar-refractivity contribution is 1.54. The highest BCUT2D eigenvalue weighted by Crippen LogP contribution is 2.32. The normalized spacial score (nSPS) is 11.5. The van der Waals surface area contributed by atoms with Crippen LogP contribution in [0.4, 0.5) is 0 Å². The van der Waals surface area contributed by atoms with Gasteiger partial charge in [-0.25, -0.2) is 0 Å². The molecular formula is C19H13Cl. The second-order valence-electron chi connectivity index (χ2n) is 5.30. The number of rotatable bonds is 0. The topological polar surface area (TPSA) is 0 Å².